The second-order valence-corrected chi connectivity index (χ2v) is 6.50. The molecule has 0 bridgehead atoms. The highest BCUT2D eigenvalue weighted by Crippen LogP contribution is 2.28. The fourth-order valence-corrected chi connectivity index (χ4v) is 3.30. The van der Waals surface area contributed by atoms with Gasteiger partial charge in [0.15, 0.2) is 0 Å². The van der Waals surface area contributed by atoms with Crippen LogP contribution in [0.2, 0.25) is 5.02 Å². The van der Waals surface area contributed by atoms with Crippen LogP contribution in [-0.2, 0) is 6.67 Å². The Balaban J connectivity index is 1.64. The summed E-state index contributed by atoms with van der Waals surface area (Å²) in [5.41, 5.74) is 1.41. The Kier molecular flexibility index (Phi) is 6.00. The molecule has 2 aromatic rings. The monoisotopic (exact) mass is 377 g/mol. The number of ether oxygens (including phenoxy) is 1. The molecule has 0 amide bonds. The SMILES string of the molecule is CCNc1cnn(CN2CCN(c3ccccc3OC)CC2)c(=O)c1Cl. The molecular formula is C18H24ClN5O2. The highest BCUT2D eigenvalue weighted by Gasteiger charge is 2.20. The van der Waals surface area contributed by atoms with Crippen molar-refractivity contribution in [2.75, 3.05) is 50.1 Å². The van der Waals surface area contributed by atoms with E-state index in [1.54, 1.807) is 13.3 Å². The molecule has 0 aliphatic carbocycles. The molecule has 26 heavy (non-hydrogen) atoms. The van der Waals surface area contributed by atoms with Crippen molar-refractivity contribution in [1.82, 2.24) is 14.7 Å². The van der Waals surface area contributed by atoms with Gasteiger partial charge in [0.1, 0.15) is 10.8 Å². The van der Waals surface area contributed by atoms with Gasteiger partial charge in [-0.15, -0.1) is 0 Å². The van der Waals surface area contributed by atoms with Crippen LogP contribution in [0.1, 0.15) is 6.92 Å². The van der Waals surface area contributed by atoms with E-state index in [9.17, 15) is 4.79 Å². The third-order valence-electron chi connectivity index (χ3n) is 4.48. The van der Waals surface area contributed by atoms with Gasteiger partial charge in [-0.25, -0.2) is 4.68 Å². The van der Waals surface area contributed by atoms with Crippen LogP contribution >= 0.6 is 11.6 Å². The maximum absolute atomic E-state index is 12.4. The standard InChI is InChI=1S/C18H24ClN5O2/c1-3-20-14-12-21-24(18(25)17(14)19)13-22-8-10-23(11-9-22)15-6-4-5-7-16(15)26-2/h4-7,12,20H,3,8-11,13H2,1-2H3. The van der Waals surface area contributed by atoms with E-state index in [-0.39, 0.29) is 10.6 Å². The van der Waals surface area contributed by atoms with Crippen LogP contribution in [0, 0.1) is 0 Å². The van der Waals surface area contributed by atoms with Crippen molar-refractivity contribution in [2.24, 2.45) is 0 Å². The van der Waals surface area contributed by atoms with Gasteiger partial charge in [0.2, 0.25) is 0 Å². The average molecular weight is 378 g/mol. The number of para-hydroxylation sites is 2. The molecule has 1 saturated heterocycles. The lowest BCUT2D eigenvalue weighted by Crippen LogP contribution is -2.48. The topological polar surface area (TPSA) is 62.6 Å². The molecule has 2 heterocycles. The minimum atomic E-state index is -0.266. The molecule has 1 aliphatic heterocycles. The van der Waals surface area contributed by atoms with Crippen LogP contribution in [0.5, 0.6) is 5.75 Å². The molecule has 1 aliphatic rings. The van der Waals surface area contributed by atoms with E-state index < -0.39 is 0 Å². The molecule has 0 spiro atoms. The van der Waals surface area contributed by atoms with Crippen LogP contribution in [0.15, 0.2) is 35.3 Å². The van der Waals surface area contributed by atoms with E-state index in [4.69, 9.17) is 16.3 Å². The lowest BCUT2D eigenvalue weighted by molar-refractivity contribution is 0.191. The minimum Gasteiger partial charge on any atom is -0.495 e. The summed E-state index contributed by atoms with van der Waals surface area (Å²) in [6, 6.07) is 8.03. The van der Waals surface area contributed by atoms with Crippen molar-refractivity contribution in [1.29, 1.82) is 0 Å². The zero-order valence-electron chi connectivity index (χ0n) is 15.1. The molecule has 0 atom stereocenters. The van der Waals surface area contributed by atoms with E-state index in [0.717, 1.165) is 37.6 Å². The van der Waals surface area contributed by atoms with Gasteiger partial charge in [0.25, 0.3) is 5.56 Å². The fraction of sp³-hybridized carbons (Fsp3) is 0.444. The maximum Gasteiger partial charge on any atom is 0.288 e. The molecule has 0 unspecified atom stereocenters. The van der Waals surface area contributed by atoms with Crippen molar-refractivity contribution < 1.29 is 4.74 Å². The van der Waals surface area contributed by atoms with Crippen LogP contribution in [0.4, 0.5) is 11.4 Å². The molecule has 8 heteroatoms. The van der Waals surface area contributed by atoms with Crippen LogP contribution < -0.4 is 20.5 Å². The summed E-state index contributed by atoms with van der Waals surface area (Å²) in [4.78, 5) is 16.9. The molecule has 3 rings (SSSR count). The molecule has 140 valence electrons. The van der Waals surface area contributed by atoms with Crippen molar-refractivity contribution in [3.63, 3.8) is 0 Å². The normalized spacial score (nSPS) is 15.1. The van der Waals surface area contributed by atoms with Gasteiger partial charge in [-0.05, 0) is 19.1 Å². The summed E-state index contributed by atoms with van der Waals surface area (Å²) >= 11 is 6.15. The van der Waals surface area contributed by atoms with Gasteiger partial charge in [-0.3, -0.25) is 9.69 Å². The average Bonchev–Trinajstić information content (AvgIpc) is 2.68. The Hall–Kier alpha value is -2.25. The summed E-state index contributed by atoms with van der Waals surface area (Å²) in [5, 5.41) is 7.47. The zero-order chi connectivity index (χ0) is 18.5. The number of halogens is 1. The van der Waals surface area contributed by atoms with Crippen LogP contribution in [-0.4, -0.2) is 54.5 Å². The van der Waals surface area contributed by atoms with Gasteiger partial charge in [-0.2, -0.15) is 5.10 Å². The van der Waals surface area contributed by atoms with Crippen molar-refractivity contribution in [3.05, 3.63) is 45.8 Å². The van der Waals surface area contributed by atoms with Gasteiger partial charge in [-0.1, -0.05) is 23.7 Å². The van der Waals surface area contributed by atoms with Gasteiger partial charge >= 0.3 is 0 Å². The predicted octanol–water partition coefficient (Wildman–Crippen LogP) is 2.12. The molecule has 1 aromatic heterocycles. The molecule has 0 radical (unpaired) electrons. The highest BCUT2D eigenvalue weighted by molar-refractivity contribution is 6.32. The second kappa shape index (κ2) is 8.42. The van der Waals surface area contributed by atoms with Crippen molar-refractivity contribution in [3.8, 4) is 5.75 Å². The molecule has 7 nitrogen and oxygen atoms in total. The number of hydrogen-bond donors (Lipinski definition) is 1. The van der Waals surface area contributed by atoms with E-state index in [0.29, 0.717) is 18.9 Å². The summed E-state index contributed by atoms with van der Waals surface area (Å²) in [6.45, 7) is 6.46. The number of nitrogens with one attached hydrogen (secondary N) is 1. The van der Waals surface area contributed by atoms with Crippen LogP contribution in [0.3, 0.4) is 0 Å². The summed E-state index contributed by atoms with van der Waals surface area (Å²) in [5.74, 6) is 0.879. The summed E-state index contributed by atoms with van der Waals surface area (Å²) < 4.78 is 6.87. The first kappa shape index (κ1) is 18.5. The lowest BCUT2D eigenvalue weighted by Gasteiger charge is -2.36. The van der Waals surface area contributed by atoms with E-state index >= 15 is 0 Å². The van der Waals surface area contributed by atoms with Crippen molar-refractivity contribution >= 4 is 23.0 Å². The third-order valence-corrected chi connectivity index (χ3v) is 4.85. The first-order valence-corrected chi connectivity index (χ1v) is 9.11. The molecule has 1 aromatic carbocycles. The number of rotatable bonds is 6. The van der Waals surface area contributed by atoms with E-state index in [1.807, 2.05) is 25.1 Å². The number of benzene rings is 1. The number of aromatic nitrogens is 2. The smallest absolute Gasteiger partial charge is 0.288 e. The maximum atomic E-state index is 12.4. The fourth-order valence-electron chi connectivity index (χ4n) is 3.09. The number of hydrogen-bond acceptors (Lipinski definition) is 6. The first-order valence-electron chi connectivity index (χ1n) is 8.73. The number of piperazine rings is 1. The third kappa shape index (κ3) is 3.94. The largest absolute Gasteiger partial charge is 0.495 e. The minimum absolute atomic E-state index is 0.189. The summed E-state index contributed by atoms with van der Waals surface area (Å²) in [6.07, 6.45) is 1.61. The molecular weight excluding hydrogens is 354 g/mol. The molecule has 1 fully saturated rings. The van der Waals surface area contributed by atoms with E-state index in [2.05, 4.69) is 26.3 Å². The zero-order valence-corrected chi connectivity index (χ0v) is 15.9. The Bertz CT molecular complexity index is 802. The predicted molar refractivity (Wildman–Crippen MR) is 104 cm³/mol. The van der Waals surface area contributed by atoms with Crippen molar-refractivity contribution in [2.45, 2.75) is 13.6 Å². The van der Waals surface area contributed by atoms with Gasteiger partial charge in [0.05, 0.1) is 31.4 Å². The Morgan fingerprint density at radius 1 is 1.23 bits per heavy atom. The second-order valence-electron chi connectivity index (χ2n) is 6.13. The molecule has 1 N–H and O–H groups in total. The van der Waals surface area contributed by atoms with Crippen LogP contribution in [0.25, 0.3) is 0 Å². The number of nitrogens with zero attached hydrogens (tertiary/aromatic N) is 4. The first-order chi connectivity index (χ1) is 12.6. The Morgan fingerprint density at radius 2 is 1.96 bits per heavy atom. The summed E-state index contributed by atoms with van der Waals surface area (Å²) in [7, 11) is 1.69. The molecule has 0 saturated carbocycles. The highest BCUT2D eigenvalue weighted by atomic mass is 35.5. The number of methoxy groups -OCH3 is 1. The lowest BCUT2D eigenvalue weighted by atomic mass is 10.2. The quantitative estimate of drug-likeness (QED) is 0.832. The Labute approximate surface area is 158 Å². The van der Waals surface area contributed by atoms with Gasteiger partial charge < -0.3 is 15.0 Å². The van der Waals surface area contributed by atoms with E-state index in [1.165, 1.54) is 4.68 Å². The van der Waals surface area contributed by atoms with Gasteiger partial charge in [0, 0.05) is 32.7 Å². The number of anilines is 2. The Morgan fingerprint density at radius 3 is 2.65 bits per heavy atom.